The van der Waals surface area contributed by atoms with Crippen LogP contribution in [-0.4, -0.2) is 9.97 Å². The average Bonchev–Trinajstić information content (AvgIpc) is 2.27. The second kappa shape index (κ2) is 4.65. The van der Waals surface area contributed by atoms with Gasteiger partial charge in [-0.2, -0.15) is 0 Å². The Hall–Kier alpha value is -2.04. The van der Waals surface area contributed by atoms with Crippen LogP contribution in [-0.2, 0) is 6.54 Å². The molecule has 0 aliphatic rings. The average molecular weight is 221 g/mol. The van der Waals surface area contributed by atoms with Gasteiger partial charge in [0.2, 0.25) is 0 Å². The smallest absolute Gasteiger partial charge is 0.147 e. The van der Waals surface area contributed by atoms with Crippen LogP contribution in [0.1, 0.15) is 5.82 Å². The first-order valence-electron chi connectivity index (χ1n) is 4.70. The van der Waals surface area contributed by atoms with Gasteiger partial charge >= 0.3 is 0 Å². The molecule has 0 saturated carbocycles. The van der Waals surface area contributed by atoms with Gasteiger partial charge in [-0.05, 0) is 18.2 Å². The van der Waals surface area contributed by atoms with Gasteiger partial charge in [0, 0.05) is 24.1 Å². The third-order valence-electron chi connectivity index (χ3n) is 1.93. The van der Waals surface area contributed by atoms with E-state index in [1.807, 2.05) is 0 Å². The van der Waals surface area contributed by atoms with E-state index >= 15 is 0 Å². The Labute approximate surface area is 91.2 Å². The summed E-state index contributed by atoms with van der Waals surface area (Å²) in [6.07, 6.45) is 3.21. The number of halogens is 2. The predicted octanol–water partition coefficient (Wildman–Crippen LogP) is 2.37. The summed E-state index contributed by atoms with van der Waals surface area (Å²) in [4.78, 5) is 7.96. The molecule has 0 atom stereocenters. The molecule has 0 unspecified atom stereocenters. The molecule has 0 saturated heterocycles. The minimum absolute atomic E-state index is 0.323. The van der Waals surface area contributed by atoms with Crippen LogP contribution in [0, 0.1) is 11.6 Å². The van der Waals surface area contributed by atoms with E-state index in [-0.39, 0.29) is 0 Å². The molecule has 1 aromatic heterocycles. The third kappa shape index (κ3) is 2.73. The first kappa shape index (κ1) is 10.5. The minimum atomic E-state index is -0.614. The maximum Gasteiger partial charge on any atom is 0.147 e. The van der Waals surface area contributed by atoms with Gasteiger partial charge in [0.05, 0.1) is 6.54 Å². The van der Waals surface area contributed by atoms with Crippen LogP contribution in [0.25, 0.3) is 0 Å². The molecule has 1 N–H and O–H groups in total. The van der Waals surface area contributed by atoms with Crippen molar-refractivity contribution >= 4 is 5.69 Å². The number of hydrogen-bond donors (Lipinski definition) is 1. The Morgan fingerprint density at radius 3 is 2.25 bits per heavy atom. The number of aromatic nitrogens is 2. The zero-order valence-corrected chi connectivity index (χ0v) is 8.32. The van der Waals surface area contributed by atoms with E-state index in [9.17, 15) is 8.78 Å². The van der Waals surface area contributed by atoms with Gasteiger partial charge in [0.15, 0.2) is 0 Å². The highest BCUT2D eigenvalue weighted by Gasteiger charge is 2.00. The number of hydrogen-bond acceptors (Lipinski definition) is 3. The van der Waals surface area contributed by atoms with Gasteiger partial charge < -0.3 is 5.32 Å². The SMILES string of the molecule is Fc1cc(F)cc(NCc2ncccn2)c1. The molecule has 82 valence electrons. The van der Waals surface area contributed by atoms with Crippen molar-refractivity contribution in [3.05, 3.63) is 54.1 Å². The van der Waals surface area contributed by atoms with Crippen molar-refractivity contribution in [3.8, 4) is 0 Å². The fourth-order valence-corrected chi connectivity index (χ4v) is 1.26. The second-order valence-corrected chi connectivity index (χ2v) is 3.18. The van der Waals surface area contributed by atoms with Gasteiger partial charge in [0.1, 0.15) is 17.5 Å². The molecule has 2 rings (SSSR count). The summed E-state index contributed by atoms with van der Waals surface area (Å²) >= 11 is 0. The van der Waals surface area contributed by atoms with E-state index in [2.05, 4.69) is 15.3 Å². The first-order valence-corrected chi connectivity index (χ1v) is 4.70. The molecule has 0 spiro atoms. The molecular formula is C11H9F2N3. The van der Waals surface area contributed by atoms with Crippen molar-refractivity contribution in [1.82, 2.24) is 9.97 Å². The monoisotopic (exact) mass is 221 g/mol. The molecule has 3 nitrogen and oxygen atoms in total. The molecule has 1 heterocycles. The largest absolute Gasteiger partial charge is 0.378 e. The summed E-state index contributed by atoms with van der Waals surface area (Å²) in [5, 5.41) is 2.84. The highest BCUT2D eigenvalue weighted by Crippen LogP contribution is 2.13. The molecule has 0 aliphatic heterocycles. The predicted molar refractivity (Wildman–Crippen MR) is 55.7 cm³/mol. The second-order valence-electron chi connectivity index (χ2n) is 3.18. The van der Waals surface area contributed by atoms with Crippen molar-refractivity contribution in [2.45, 2.75) is 6.54 Å². The summed E-state index contributed by atoms with van der Waals surface area (Å²) in [7, 11) is 0. The molecule has 0 amide bonds. The lowest BCUT2D eigenvalue weighted by Gasteiger charge is -2.05. The summed E-state index contributed by atoms with van der Waals surface area (Å²) < 4.78 is 25.7. The molecule has 0 radical (unpaired) electrons. The summed E-state index contributed by atoms with van der Waals surface area (Å²) in [6.45, 7) is 0.323. The Morgan fingerprint density at radius 2 is 1.62 bits per heavy atom. The minimum Gasteiger partial charge on any atom is -0.378 e. The zero-order chi connectivity index (χ0) is 11.4. The quantitative estimate of drug-likeness (QED) is 0.864. The Balaban J connectivity index is 2.05. The van der Waals surface area contributed by atoms with E-state index in [4.69, 9.17) is 0 Å². The number of rotatable bonds is 3. The van der Waals surface area contributed by atoms with Gasteiger partial charge in [0.25, 0.3) is 0 Å². The van der Waals surface area contributed by atoms with Gasteiger partial charge in [-0.25, -0.2) is 18.7 Å². The molecule has 5 heteroatoms. The Morgan fingerprint density at radius 1 is 1.00 bits per heavy atom. The van der Waals surface area contributed by atoms with Crippen molar-refractivity contribution in [2.75, 3.05) is 5.32 Å². The highest BCUT2D eigenvalue weighted by molar-refractivity contribution is 5.43. The van der Waals surface area contributed by atoms with E-state index in [1.165, 1.54) is 12.1 Å². The van der Waals surface area contributed by atoms with Crippen molar-refractivity contribution in [3.63, 3.8) is 0 Å². The lowest BCUT2D eigenvalue weighted by atomic mass is 10.3. The standard InChI is InChI=1S/C11H9F2N3/c12-8-4-9(13)6-10(5-8)16-7-11-14-2-1-3-15-11/h1-6,16H,7H2. The van der Waals surface area contributed by atoms with Gasteiger partial charge in [-0.3, -0.25) is 0 Å². The van der Waals surface area contributed by atoms with Crippen molar-refractivity contribution in [1.29, 1.82) is 0 Å². The van der Waals surface area contributed by atoms with E-state index in [0.717, 1.165) is 6.07 Å². The number of nitrogens with zero attached hydrogens (tertiary/aromatic N) is 2. The van der Waals surface area contributed by atoms with Crippen LogP contribution in [0.4, 0.5) is 14.5 Å². The van der Waals surface area contributed by atoms with Crippen LogP contribution >= 0.6 is 0 Å². The third-order valence-corrected chi connectivity index (χ3v) is 1.93. The van der Waals surface area contributed by atoms with Crippen LogP contribution in [0.2, 0.25) is 0 Å². The molecule has 0 fully saturated rings. The molecule has 16 heavy (non-hydrogen) atoms. The number of benzene rings is 1. The fourth-order valence-electron chi connectivity index (χ4n) is 1.26. The van der Waals surface area contributed by atoms with Crippen LogP contribution < -0.4 is 5.32 Å². The van der Waals surface area contributed by atoms with Crippen LogP contribution in [0.3, 0.4) is 0 Å². The zero-order valence-electron chi connectivity index (χ0n) is 8.32. The lowest BCUT2D eigenvalue weighted by Crippen LogP contribution is -2.03. The van der Waals surface area contributed by atoms with E-state index in [1.54, 1.807) is 18.5 Å². The van der Waals surface area contributed by atoms with E-state index in [0.29, 0.717) is 18.1 Å². The number of nitrogens with one attached hydrogen (secondary N) is 1. The Kier molecular flexibility index (Phi) is 3.05. The topological polar surface area (TPSA) is 37.8 Å². The molecule has 1 aromatic carbocycles. The molecular weight excluding hydrogens is 212 g/mol. The van der Waals surface area contributed by atoms with Crippen LogP contribution in [0.15, 0.2) is 36.7 Å². The fraction of sp³-hybridized carbons (Fsp3) is 0.0909. The molecule has 2 aromatic rings. The van der Waals surface area contributed by atoms with Gasteiger partial charge in [-0.1, -0.05) is 0 Å². The summed E-state index contributed by atoms with van der Waals surface area (Å²) in [6, 6.07) is 4.95. The van der Waals surface area contributed by atoms with Gasteiger partial charge in [-0.15, -0.1) is 0 Å². The summed E-state index contributed by atoms with van der Waals surface area (Å²) in [5.41, 5.74) is 0.366. The number of anilines is 1. The Bertz CT molecular complexity index is 454. The van der Waals surface area contributed by atoms with Crippen molar-refractivity contribution in [2.24, 2.45) is 0 Å². The normalized spacial score (nSPS) is 10.1. The maximum atomic E-state index is 12.8. The van der Waals surface area contributed by atoms with Crippen molar-refractivity contribution < 1.29 is 8.78 Å². The summed E-state index contributed by atoms with van der Waals surface area (Å²) in [5.74, 6) is -0.667. The first-order chi connectivity index (χ1) is 7.74. The molecule has 0 aliphatic carbocycles. The lowest BCUT2D eigenvalue weighted by molar-refractivity contribution is 0.584. The van der Waals surface area contributed by atoms with E-state index < -0.39 is 11.6 Å². The molecule has 0 bridgehead atoms. The highest BCUT2D eigenvalue weighted by atomic mass is 19.1. The maximum absolute atomic E-state index is 12.8. The van der Waals surface area contributed by atoms with Crippen LogP contribution in [0.5, 0.6) is 0 Å².